The van der Waals surface area contributed by atoms with E-state index in [4.69, 9.17) is 16.3 Å². The van der Waals surface area contributed by atoms with Crippen molar-refractivity contribution < 1.29 is 4.74 Å². The van der Waals surface area contributed by atoms with Crippen LogP contribution in [0.5, 0.6) is 5.75 Å². The van der Waals surface area contributed by atoms with E-state index in [9.17, 15) is 0 Å². The molecule has 0 spiro atoms. The maximum Gasteiger partial charge on any atom is 0.162 e. The molecule has 3 heteroatoms. The van der Waals surface area contributed by atoms with Gasteiger partial charge in [0.15, 0.2) is 6.07 Å². The molecule has 1 aromatic rings. The highest BCUT2D eigenvalue weighted by atomic mass is 35.5. The van der Waals surface area contributed by atoms with Crippen LogP contribution in [0, 0.1) is 5.38 Å². The van der Waals surface area contributed by atoms with E-state index in [0.29, 0.717) is 0 Å². The Balaban J connectivity index is 2.50. The van der Waals surface area contributed by atoms with Gasteiger partial charge in [-0.1, -0.05) is 11.6 Å². The molecule has 1 radical (unpaired) electrons. The number of hydrogen-bond acceptors (Lipinski definition) is 2. The van der Waals surface area contributed by atoms with Crippen LogP contribution in [0.4, 0.5) is 0 Å². The van der Waals surface area contributed by atoms with E-state index < -0.39 is 0 Å². The van der Waals surface area contributed by atoms with Gasteiger partial charge in [-0.3, -0.25) is 0 Å². The molecule has 0 N–H and O–H groups in total. The van der Waals surface area contributed by atoms with Crippen LogP contribution in [0.2, 0.25) is 0 Å². The van der Waals surface area contributed by atoms with Crippen LogP contribution in [0.25, 0.3) is 0 Å². The zero-order valence-corrected chi connectivity index (χ0v) is 5.63. The summed E-state index contributed by atoms with van der Waals surface area (Å²) >= 11 is 6.73. The third-order valence-electron chi connectivity index (χ3n) is 0.657. The monoisotopic (exact) mass is 147 g/mol. The third-order valence-corrected chi connectivity index (χ3v) is 1.36. The number of thiophene rings is 1. The highest BCUT2D eigenvalue weighted by Crippen LogP contribution is 2.13. The van der Waals surface area contributed by atoms with Crippen molar-refractivity contribution in [3.63, 3.8) is 0 Å². The highest BCUT2D eigenvalue weighted by molar-refractivity contribution is 7.07. The first-order valence-electron chi connectivity index (χ1n) is 2.07. The molecule has 0 amide bonds. The summed E-state index contributed by atoms with van der Waals surface area (Å²) in [5.74, 6) is 0.727. The van der Waals surface area contributed by atoms with E-state index in [-0.39, 0.29) is 6.07 Å². The van der Waals surface area contributed by atoms with Crippen LogP contribution in [0.3, 0.4) is 0 Å². The number of rotatable bonds is 2. The molecule has 0 aliphatic heterocycles. The Morgan fingerprint density at radius 2 is 2.75 bits per heavy atom. The van der Waals surface area contributed by atoms with Gasteiger partial charge < -0.3 is 4.74 Å². The van der Waals surface area contributed by atoms with Crippen molar-refractivity contribution in [2.75, 3.05) is 6.07 Å². The van der Waals surface area contributed by atoms with Gasteiger partial charge in [-0.25, -0.2) is 0 Å². The SMILES string of the molecule is ClCOc1[c]scc1. The molecule has 8 heavy (non-hydrogen) atoms. The van der Waals surface area contributed by atoms with Crippen LogP contribution in [-0.2, 0) is 0 Å². The van der Waals surface area contributed by atoms with E-state index in [2.05, 4.69) is 5.38 Å². The lowest BCUT2D eigenvalue weighted by atomic mass is 10.6. The Hall–Kier alpha value is -0.210. The summed E-state index contributed by atoms with van der Waals surface area (Å²) in [5, 5.41) is 4.76. The number of alkyl halides is 1. The first-order chi connectivity index (χ1) is 3.93. The van der Waals surface area contributed by atoms with Gasteiger partial charge in [0, 0.05) is 0 Å². The topological polar surface area (TPSA) is 9.23 Å². The van der Waals surface area contributed by atoms with Crippen LogP contribution >= 0.6 is 22.9 Å². The Morgan fingerprint density at radius 3 is 3.25 bits per heavy atom. The van der Waals surface area contributed by atoms with Crippen molar-refractivity contribution >= 4 is 22.9 Å². The van der Waals surface area contributed by atoms with E-state index >= 15 is 0 Å². The maximum atomic E-state index is 5.26. The first-order valence-corrected chi connectivity index (χ1v) is 3.49. The summed E-state index contributed by atoms with van der Waals surface area (Å²) in [6.07, 6.45) is 0. The Morgan fingerprint density at radius 1 is 1.88 bits per heavy atom. The van der Waals surface area contributed by atoms with E-state index in [1.165, 1.54) is 11.3 Å². The van der Waals surface area contributed by atoms with E-state index in [0.717, 1.165) is 5.75 Å². The smallest absolute Gasteiger partial charge is 0.162 e. The molecule has 1 nitrogen and oxygen atoms in total. The minimum atomic E-state index is 0.202. The minimum Gasteiger partial charge on any atom is -0.476 e. The Labute approximate surface area is 56.9 Å². The second-order valence-electron chi connectivity index (χ2n) is 1.14. The van der Waals surface area contributed by atoms with Gasteiger partial charge in [-0.15, -0.1) is 11.3 Å². The van der Waals surface area contributed by atoms with Crippen LogP contribution in [0.1, 0.15) is 0 Å². The van der Waals surface area contributed by atoms with Crippen molar-refractivity contribution in [2.45, 2.75) is 0 Å². The summed E-state index contributed by atoms with van der Waals surface area (Å²) in [6, 6.07) is 2.03. The van der Waals surface area contributed by atoms with Crippen molar-refractivity contribution in [3.8, 4) is 5.75 Å². The molecule has 0 bridgehead atoms. The molecular weight excluding hydrogens is 144 g/mol. The third kappa shape index (κ3) is 1.39. The zero-order chi connectivity index (χ0) is 5.82. The zero-order valence-electron chi connectivity index (χ0n) is 4.06. The van der Waals surface area contributed by atoms with Gasteiger partial charge in [0.05, 0.1) is 5.38 Å². The molecule has 0 aliphatic carbocycles. The summed E-state index contributed by atoms with van der Waals surface area (Å²) in [7, 11) is 0. The number of hydrogen-bond donors (Lipinski definition) is 0. The lowest BCUT2D eigenvalue weighted by Gasteiger charge is -1.91. The Kier molecular flexibility index (Phi) is 2.18. The molecule has 0 unspecified atom stereocenters. The summed E-state index contributed by atoms with van der Waals surface area (Å²) in [5.41, 5.74) is 0. The quantitative estimate of drug-likeness (QED) is 0.583. The fraction of sp³-hybridized carbons (Fsp3) is 0.200. The van der Waals surface area contributed by atoms with E-state index in [1.807, 2.05) is 11.4 Å². The van der Waals surface area contributed by atoms with Gasteiger partial charge in [0.2, 0.25) is 0 Å². The molecule has 0 aliphatic rings. The summed E-state index contributed by atoms with van der Waals surface area (Å²) in [6.45, 7) is 0. The minimum absolute atomic E-state index is 0.202. The Bertz CT molecular complexity index is 138. The van der Waals surface area contributed by atoms with Crippen molar-refractivity contribution in [2.24, 2.45) is 0 Å². The summed E-state index contributed by atoms with van der Waals surface area (Å²) < 4.78 is 4.87. The van der Waals surface area contributed by atoms with Crippen molar-refractivity contribution in [1.82, 2.24) is 0 Å². The van der Waals surface area contributed by atoms with Crippen LogP contribution in [-0.4, -0.2) is 6.07 Å². The largest absolute Gasteiger partial charge is 0.476 e. The normalized spacial score (nSPS) is 9.12. The molecule has 1 aromatic heterocycles. The average molecular weight is 148 g/mol. The standard InChI is InChI=1S/C5H4ClOS/c6-4-7-5-1-2-8-3-5/h1-2H,4H2. The number of halogens is 1. The molecule has 0 saturated heterocycles. The molecule has 43 valence electrons. The predicted octanol–water partition coefficient (Wildman–Crippen LogP) is 2.12. The molecule has 0 saturated carbocycles. The van der Waals surface area contributed by atoms with Gasteiger partial charge in [-0.2, -0.15) is 0 Å². The maximum absolute atomic E-state index is 5.26. The fourth-order valence-corrected chi connectivity index (χ4v) is 0.979. The summed E-state index contributed by atoms with van der Waals surface area (Å²) in [4.78, 5) is 0. The van der Waals surface area contributed by atoms with Crippen molar-refractivity contribution in [3.05, 3.63) is 16.8 Å². The number of ether oxygens (including phenoxy) is 1. The second-order valence-corrected chi connectivity index (χ2v) is 2.07. The molecule has 1 heterocycles. The van der Waals surface area contributed by atoms with Gasteiger partial charge in [0.1, 0.15) is 5.75 Å². The lowest BCUT2D eigenvalue weighted by molar-refractivity contribution is 0.389. The molecule has 0 aromatic carbocycles. The molecule has 0 atom stereocenters. The highest BCUT2D eigenvalue weighted by Gasteiger charge is 1.88. The second kappa shape index (κ2) is 2.95. The van der Waals surface area contributed by atoms with Gasteiger partial charge >= 0.3 is 0 Å². The van der Waals surface area contributed by atoms with Crippen molar-refractivity contribution in [1.29, 1.82) is 0 Å². The lowest BCUT2D eigenvalue weighted by Crippen LogP contribution is -1.84. The molecule has 1 rings (SSSR count). The fourth-order valence-electron chi connectivity index (χ4n) is 0.358. The first kappa shape index (κ1) is 5.92. The van der Waals surface area contributed by atoms with Crippen LogP contribution in [0.15, 0.2) is 11.4 Å². The molecule has 0 fully saturated rings. The van der Waals surface area contributed by atoms with Gasteiger partial charge in [0.25, 0.3) is 0 Å². The average Bonchev–Trinajstić information content (AvgIpc) is 2.19. The van der Waals surface area contributed by atoms with Crippen LogP contribution < -0.4 is 4.74 Å². The van der Waals surface area contributed by atoms with E-state index in [1.54, 1.807) is 0 Å². The van der Waals surface area contributed by atoms with Gasteiger partial charge in [-0.05, 0) is 11.4 Å². The predicted molar refractivity (Wildman–Crippen MR) is 34.5 cm³/mol. The molecular formula is C5H4ClOS.